The first-order valence-electron chi connectivity index (χ1n) is 6.76. The minimum absolute atomic E-state index is 0.136. The van der Waals surface area contributed by atoms with Crippen molar-refractivity contribution < 1.29 is 17.2 Å². The molecule has 0 aliphatic heterocycles. The van der Waals surface area contributed by atoms with Crippen molar-refractivity contribution in [2.24, 2.45) is 0 Å². The monoisotopic (exact) mass is 321 g/mol. The molecule has 0 aromatic heterocycles. The highest BCUT2D eigenvalue weighted by molar-refractivity contribution is 7.90. The van der Waals surface area contributed by atoms with E-state index in [0.717, 1.165) is 29.4 Å². The molecule has 1 aromatic carbocycles. The number of hydrogen-bond donors (Lipinski definition) is 2. The van der Waals surface area contributed by atoms with Crippen LogP contribution in [0, 0.1) is 11.6 Å². The molecule has 1 aromatic rings. The van der Waals surface area contributed by atoms with Crippen LogP contribution in [0.25, 0.3) is 0 Å². The number of nitrogens with zero attached hydrogens (tertiary/aromatic N) is 1. The van der Waals surface area contributed by atoms with E-state index in [1.54, 1.807) is 0 Å². The average Bonchev–Trinajstić information content (AvgIpc) is 2.36. The molecule has 120 valence electrons. The molecule has 21 heavy (non-hydrogen) atoms. The Morgan fingerprint density at radius 2 is 1.76 bits per heavy atom. The first kappa shape index (κ1) is 17.8. The van der Waals surface area contributed by atoms with Gasteiger partial charge >= 0.3 is 10.2 Å². The Hall–Kier alpha value is -1.25. The van der Waals surface area contributed by atoms with Gasteiger partial charge in [0.2, 0.25) is 0 Å². The Kier molecular flexibility index (Phi) is 7.00. The summed E-state index contributed by atoms with van der Waals surface area (Å²) in [5, 5.41) is 3.17. The van der Waals surface area contributed by atoms with Crippen molar-refractivity contribution in [1.29, 1.82) is 0 Å². The molecule has 0 unspecified atom stereocenters. The fraction of sp³-hybridized carbons (Fsp3) is 0.538. The Morgan fingerprint density at radius 3 is 2.33 bits per heavy atom. The smallest absolute Gasteiger partial charge is 0.301 e. The van der Waals surface area contributed by atoms with Crippen LogP contribution >= 0.6 is 0 Å². The Balaban J connectivity index is 2.55. The third kappa shape index (κ3) is 6.36. The number of hydrogen-bond acceptors (Lipinski definition) is 3. The Bertz CT molecular complexity index is 532. The molecule has 0 heterocycles. The third-order valence-electron chi connectivity index (χ3n) is 2.77. The summed E-state index contributed by atoms with van der Waals surface area (Å²) < 4.78 is 53.3. The highest BCUT2D eigenvalue weighted by Gasteiger charge is 2.17. The average molecular weight is 321 g/mol. The molecule has 2 N–H and O–H groups in total. The Labute approximate surface area is 124 Å². The van der Waals surface area contributed by atoms with Crippen molar-refractivity contribution in [2.75, 3.05) is 31.4 Å². The molecule has 0 spiro atoms. The summed E-state index contributed by atoms with van der Waals surface area (Å²) in [6, 6.07) is 2.54. The Morgan fingerprint density at radius 1 is 1.14 bits per heavy atom. The van der Waals surface area contributed by atoms with E-state index in [4.69, 9.17) is 0 Å². The van der Waals surface area contributed by atoms with Crippen LogP contribution in [0.2, 0.25) is 0 Å². The van der Waals surface area contributed by atoms with Crippen LogP contribution in [-0.4, -0.2) is 39.4 Å². The van der Waals surface area contributed by atoms with E-state index >= 15 is 0 Å². The maximum Gasteiger partial charge on any atom is 0.301 e. The van der Waals surface area contributed by atoms with Crippen molar-refractivity contribution >= 4 is 15.9 Å². The van der Waals surface area contributed by atoms with Crippen molar-refractivity contribution in [2.45, 2.75) is 19.8 Å². The van der Waals surface area contributed by atoms with Crippen LogP contribution in [0.4, 0.5) is 14.5 Å². The second kappa shape index (κ2) is 8.26. The number of nitrogens with one attached hydrogen (secondary N) is 2. The fourth-order valence-electron chi connectivity index (χ4n) is 1.69. The first-order chi connectivity index (χ1) is 9.85. The van der Waals surface area contributed by atoms with Crippen LogP contribution in [0.3, 0.4) is 0 Å². The molecule has 0 fully saturated rings. The number of anilines is 1. The molecule has 0 saturated carbocycles. The van der Waals surface area contributed by atoms with E-state index in [-0.39, 0.29) is 5.69 Å². The number of benzene rings is 1. The molecule has 0 aliphatic rings. The van der Waals surface area contributed by atoms with Crippen molar-refractivity contribution in [3.63, 3.8) is 0 Å². The molecule has 8 heteroatoms. The lowest BCUT2D eigenvalue weighted by atomic mass is 10.3. The predicted octanol–water partition coefficient (Wildman–Crippen LogP) is 1.94. The molecule has 5 nitrogen and oxygen atoms in total. The maximum absolute atomic E-state index is 13.0. The van der Waals surface area contributed by atoms with Crippen LogP contribution in [0.15, 0.2) is 18.2 Å². The third-order valence-corrected chi connectivity index (χ3v) is 4.27. The van der Waals surface area contributed by atoms with Gasteiger partial charge in [0.05, 0.1) is 5.69 Å². The molecule has 0 aliphatic carbocycles. The highest BCUT2D eigenvalue weighted by atomic mass is 32.2. The van der Waals surface area contributed by atoms with Gasteiger partial charge in [-0.05, 0) is 38.1 Å². The summed E-state index contributed by atoms with van der Waals surface area (Å²) in [5.41, 5.74) is -0.136. The zero-order valence-corrected chi connectivity index (χ0v) is 13.0. The van der Waals surface area contributed by atoms with Crippen LogP contribution < -0.4 is 10.0 Å². The summed E-state index contributed by atoms with van der Waals surface area (Å²) in [4.78, 5) is 0. The quantitative estimate of drug-likeness (QED) is 0.683. The number of rotatable bonds is 9. The lowest BCUT2D eigenvalue weighted by Gasteiger charge is -2.18. The molecular weight excluding hydrogens is 300 g/mol. The van der Waals surface area contributed by atoms with Crippen molar-refractivity contribution in [3.05, 3.63) is 29.8 Å². The molecule has 0 atom stereocenters. The lowest BCUT2D eigenvalue weighted by Crippen LogP contribution is -2.34. The zero-order valence-electron chi connectivity index (χ0n) is 12.2. The van der Waals surface area contributed by atoms with Crippen molar-refractivity contribution in [1.82, 2.24) is 9.62 Å². The normalized spacial score (nSPS) is 11.9. The molecular formula is C13H21F2N3O2S. The fourth-order valence-corrected chi connectivity index (χ4v) is 2.63. The van der Waals surface area contributed by atoms with Gasteiger partial charge in [-0.3, -0.25) is 4.72 Å². The topological polar surface area (TPSA) is 61.4 Å². The molecule has 0 radical (unpaired) electrons. The minimum atomic E-state index is -3.82. The molecule has 1 rings (SSSR count). The molecule has 0 bridgehead atoms. The zero-order chi connectivity index (χ0) is 15.9. The van der Waals surface area contributed by atoms with Crippen LogP contribution in [-0.2, 0) is 10.2 Å². The summed E-state index contributed by atoms with van der Waals surface area (Å²) in [6.07, 6.45) is 1.66. The SMILES string of the molecule is CCCNCCCN(C)S(=O)(=O)Nc1cc(F)cc(F)c1. The van der Waals surface area contributed by atoms with Crippen LogP contribution in [0.5, 0.6) is 0 Å². The van der Waals surface area contributed by atoms with Gasteiger partial charge in [0.25, 0.3) is 0 Å². The molecule has 0 amide bonds. The summed E-state index contributed by atoms with van der Waals surface area (Å²) >= 11 is 0. The standard InChI is InChI=1S/C13H21F2N3O2S/c1-3-5-16-6-4-7-18(2)21(19,20)17-13-9-11(14)8-12(15)10-13/h8-10,16-17H,3-7H2,1-2H3. The van der Waals surface area contributed by atoms with E-state index in [2.05, 4.69) is 10.0 Å². The van der Waals surface area contributed by atoms with Gasteiger partial charge in [0.1, 0.15) is 11.6 Å². The summed E-state index contributed by atoms with van der Waals surface area (Å²) in [5.74, 6) is -1.67. The lowest BCUT2D eigenvalue weighted by molar-refractivity contribution is 0.458. The van der Waals surface area contributed by atoms with E-state index < -0.39 is 21.8 Å². The van der Waals surface area contributed by atoms with Gasteiger partial charge in [0, 0.05) is 19.7 Å². The van der Waals surface area contributed by atoms with Gasteiger partial charge in [-0.1, -0.05) is 6.92 Å². The first-order valence-corrected chi connectivity index (χ1v) is 8.20. The van der Waals surface area contributed by atoms with Gasteiger partial charge in [-0.2, -0.15) is 12.7 Å². The maximum atomic E-state index is 13.0. The summed E-state index contributed by atoms with van der Waals surface area (Å²) in [7, 11) is -2.40. The van der Waals surface area contributed by atoms with Gasteiger partial charge in [0.15, 0.2) is 0 Å². The van der Waals surface area contributed by atoms with E-state index in [9.17, 15) is 17.2 Å². The highest BCUT2D eigenvalue weighted by Crippen LogP contribution is 2.15. The minimum Gasteiger partial charge on any atom is -0.317 e. The van der Waals surface area contributed by atoms with Gasteiger partial charge < -0.3 is 5.32 Å². The van der Waals surface area contributed by atoms with E-state index in [0.29, 0.717) is 25.6 Å². The van der Waals surface area contributed by atoms with E-state index in [1.807, 2.05) is 6.92 Å². The van der Waals surface area contributed by atoms with Crippen LogP contribution in [0.1, 0.15) is 19.8 Å². The second-order valence-corrected chi connectivity index (χ2v) is 6.47. The second-order valence-electron chi connectivity index (χ2n) is 4.69. The van der Waals surface area contributed by atoms with E-state index in [1.165, 1.54) is 7.05 Å². The van der Waals surface area contributed by atoms with Gasteiger partial charge in [-0.15, -0.1) is 0 Å². The van der Waals surface area contributed by atoms with Crippen molar-refractivity contribution in [3.8, 4) is 0 Å². The summed E-state index contributed by atoms with van der Waals surface area (Å²) in [6.45, 7) is 3.95. The van der Waals surface area contributed by atoms with Gasteiger partial charge in [-0.25, -0.2) is 8.78 Å². The predicted molar refractivity (Wildman–Crippen MR) is 79.3 cm³/mol. The number of halogens is 2. The molecule has 0 saturated heterocycles. The largest absolute Gasteiger partial charge is 0.317 e.